The maximum absolute atomic E-state index is 12.4. The Morgan fingerprint density at radius 2 is 1.91 bits per heavy atom. The number of Topliss-reactive ketones (excluding diaryl/α,β-unsaturated/α-hetero) is 1. The van der Waals surface area contributed by atoms with Gasteiger partial charge in [-0.05, 0) is 24.3 Å². The maximum Gasteiger partial charge on any atom is 0.287 e. The highest BCUT2D eigenvalue weighted by atomic mass is 16.2. The predicted octanol–water partition coefficient (Wildman–Crippen LogP) is 1.00. The van der Waals surface area contributed by atoms with Crippen molar-refractivity contribution in [2.75, 3.05) is 13.1 Å². The molecule has 2 fully saturated rings. The van der Waals surface area contributed by atoms with Gasteiger partial charge in [-0.25, -0.2) is 0 Å². The average Bonchev–Trinajstić information content (AvgIpc) is 2.87. The van der Waals surface area contributed by atoms with Crippen LogP contribution in [0.25, 0.3) is 0 Å². The molecule has 1 saturated heterocycles. The molecule has 1 aliphatic heterocycles. The van der Waals surface area contributed by atoms with Crippen LogP contribution in [0.1, 0.15) is 30.7 Å². The highest BCUT2D eigenvalue weighted by Gasteiger charge is 2.42. The first-order valence-corrected chi connectivity index (χ1v) is 7.81. The van der Waals surface area contributed by atoms with E-state index in [-0.39, 0.29) is 12.5 Å². The van der Waals surface area contributed by atoms with E-state index < -0.39 is 23.5 Å². The molecular weight excluding hydrogens is 280 g/mol. The summed E-state index contributed by atoms with van der Waals surface area (Å²) in [7, 11) is 0. The van der Waals surface area contributed by atoms with Crippen LogP contribution < -0.4 is 10.6 Å². The topological polar surface area (TPSA) is 75.3 Å². The zero-order valence-corrected chi connectivity index (χ0v) is 12.4. The summed E-state index contributed by atoms with van der Waals surface area (Å²) in [4.78, 5) is 36.5. The van der Waals surface area contributed by atoms with Crippen LogP contribution in [0.3, 0.4) is 0 Å². The van der Waals surface area contributed by atoms with Crippen LogP contribution in [-0.4, -0.2) is 30.7 Å². The molecule has 5 heteroatoms. The summed E-state index contributed by atoms with van der Waals surface area (Å²) in [6, 6.07) is 9.17. The van der Waals surface area contributed by atoms with E-state index in [9.17, 15) is 14.4 Å². The van der Waals surface area contributed by atoms with Gasteiger partial charge < -0.3 is 10.6 Å². The van der Waals surface area contributed by atoms with Crippen LogP contribution in [0.4, 0.5) is 0 Å². The second-order valence-electron chi connectivity index (χ2n) is 6.11. The van der Waals surface area contributed by atoms with Gasteiger partial charge in [0, 0.05) is 13.1 Å². The lowest BCUT2D eigenvalue weighted by Gasteiger charge is -2.25. The summed E-state index contributed by atoms with van der Waals surface area (Å²) < 4.78 is 0. The minimum atomic E-state index is -0.615. The highest BCUT2D eigenvalue weighted by molar-refractivity contribution is 6.38. The Labute approximate surface area is 129 Å². The first kappa shape index (κ1) is 14.8. The Bertz CT molecular complexity index is 581. The Morgan fingerprint density at radius 3 is 2.55 bits per heavy atom. The van der Waals surface area contributed by atoms with Crippen molar-refractivity contribution in [3.63, 3.8) is 0 Å². The molecule has 0 bridgehead atoms. The molecule has 0 radical (unpaired) electrons. The van der Waals surface area contributed by atoms with Gasteiger partial charge in [-0.15, -0.1) is 0 Å². The lowest BCUT2D eigenvalue weighted by molar-refractivity contribution is -0.140. The van der Waals surface area contributed by atoms with Crippen molar-refractivity contribution in [1.29, 1.82) is 0 Å². The summed E-state index contributed by atoms with van der Waals surface area (Å²) in [5.74, 6) is -1.92. The van der Waals surface area contributed by atoms with E-state index in [0.29, 0.717) is 12.5 Å². The van der Waals surface area contributed by atoms with Crippen molar-refractivity contribution in [3.05, 3.63) is 35.9 Å². The monoisotopic (exact) mass is 300 g/mol. The normalized spacial score (nSPS) is 24.5. The average molecular weight is 300 g/mol. The van der Waals surface area contributed by atoms with Gasteiger partial charge in [-0.2, -0.15) is 0 Å². The van der Waals surface area contributed by atoms with Crippen molar-refractivity contribution in [2.24, 2.45) is 11.8 Å². The number of hydrogen-bond donors (Lipinski definition) is 2. The number of carbonyl (C=O) groups is 3. The van der Waals surface area contributed by atoms with Crippen LogP contribution in [0.2, 0.25) is 0 Å². The first-order valence-electron chi connectivity index (χ1n) is 7.81. The molecule has 1 aliphatic carbocycles. The van der Waals surface area contributed by atoms with E-state index in [2.05, 4.69) is 10.6 Å². The Kier molecular flexibility index (Phi) is 4.22. The van der Waals surface area contributed by atoms with E-state index in [4.69, 9.17) is 0 Å². The number of ketones is 1. The third kappa shape index (κ3) is 2.89. The van der Waals surface area contributed by atoms with E-state index in [1.54, 1.807) is 0 Å². The standard InChI is InChI=1S/C17H20N2O3/c20-15(17(22)18-9-11-5-4-6-11)13-10-19-16(21)14(13)12-7-2-1-3-8-12/h1-3,7-8,11,13-14H,4-6,9-10H2,(H,18,22)(H,19,21)/t13-,14+/m0/s1. The van der Waals surface area contributed by atoms with Gasteiger partial charge in [-0.3, -0.25) is 14.4 Å². The van der Waals surface area contributed by atoms with Gasteiger partial charge in [-0.1, -0.05) is 36.8 Å². The zero-order valence-electron chi connectivity index (χ0n) is 12.4. The van der Waals surface area contributed by atoms with Crippen LogP contribution in [-0.2, 0) is 14.4 Å². The lowest BCUT2D eigenvalue weighted by atomic mass is 9.84. The molecule has 1 aromatic carbocycles. The van der Waals surface area contributed by atoms with Crippen molar-refractivity contribution in [2.45, 2.75) is 25.2 Å². The third-order valence-corrected chi connectivity index (χ3v) is 4.68. The fraction of sp³-hybridized carbons (Fsp3) is 0.471. The molecule has 5 nitrogen and oxygen atoms in total. The van der Waals surface area contributed by atoms with Gasteiger partial charge >= 0.3 is 0 Å². The van der Waals surface area contributed by atoms with Crippen molar-refractivity contribution in [3.8, 4) is 0 Å². The number of carbonyl (C=O) groups excluding carboxylic acids is 3. The molecule has 2 atom stereocenters. The molecule has 0 aromatic heterocycles. The molecule has 1 aromatic rings. The quantitative estimate of drug-likeness (QED) is 0.797. The second-order valence-corrected chi connectivity index (χ2v) is 6.11. The highest BCUT2D eigenvalue weighted by Crippen LogP contribution is 2.30. The minimum absolute atomic E-state index is 0.184. The Morgan fingerprint density at radius 1 is 1.18 bits per heavy atom. The zero-order chi connectivity index (χ0) is 15.5. The summed E-state index contributed by atoms with van der Waals surface area (Å²) in [6.07, 6.45) is 3.43. The molecule has 1 saturated carbocycles. The number of nitrogens with one attached hydrogen (secondary N) is 2. The molecule has 1 heterocycles. The summed E-state index contributed by atoms with van der Waals surface area (Å²) in [6.45, 7) is 0.794. The van der Waals surface area contributed by atoms with E-state index in [1.165, 1.54) is 6.42 Å². The molecular formula is C17H20N2O3. The maximum atomic E-state index is 12.4. The van der Waals surface area contributed by atoms with Crippen LogP contribution >= 0.6 is 0 Å². The summed E-state index contributed by atoms with van der Waals surface area (Å²) in [5, 5.41) is 5.42. The Hall–Kier alpha value is -2.17. The van der Waals surface area contributed by atoms with Gasteiger partial charge in [0.25, 0.3) is 5.91 Å². The lowest BCUT2D eigenvalue weighted by Crippen LogP contribution is -2.41. The molecule has 2 N–H and O–H groups in total. The van der Waals surface area contributed by atoms with E-state index in [1.807, 2.05) is 30.3 Å². The molecule has 2 aliphatic rings. The van der Waals surface area contributed by atoms with Crippen LogP contribution in [0.15, 0.2) is 30.3 Å². The molecule has 3 rings (SSSR count). The molecule has 22 heavy (non-hydrogen) atoms. The predicted molar refractivity (Wildman–Crippen MR) is 81.0 cm³/mol. The summed E-state index contributed by atoms with van der Waals surface area (Å²) >= 11 is 0. The first-order chi connectivity index (χ1) is 10.7. The second kappa shape index (κ2) is 6.30. The number of hydrogen-bond acceptors (Lipinski definition) is 3. The smallest absolute Gasteiger partial charge is 0.287 e. The van der Waals surface area contributed by atoms with E-state index >= 15 is 0 Å². The number of benzene rings is 1. The molecule has 0 spiro atoms. The largest absolute Gasteiger partial charge is 0.355 e. The van der Waals surface area contributed by atoms with Crippen molar-refractivity contribution < 1.29 is 14.4 Å². The fourth-order valence-corrected chi connectivity index (χ4v) is 3.10. The SMILES string of the molecule is O=C(NCC1CCC1)C(=O)[C@H]1CNC(=O)[C@@H]1c1ccccc1. The van der Waals surface area contributed by atoms with Crippen molar-refractivity contribution in [1.82, 2.24) is 10.6 Å². The molecule has 2 amide bonds. The Balaban J connectivity index is 1.67. The van der Waals surface area contributed by atoms with Gasteiger partial charge in [0.1, 0.15) is 0 Å². The molecule has 0 unspecified atom stereocenters. The van der Waals surface area contributed by atoms with Crippen LogP contribution in [0, 0.1) is 11.8 Å². The van der Waals surface area contributed by atoms with Crippen LogP contribution in [0.5, 0.6) is 0 Å². The third-order valence-electron chi connectivity index (χ3n) is 4.68. The minimum Gasteiger partial charge on any atom is -0.355 e. The number of rotatable bonds is 5. The van der Waals surface area contributed by atoms with Gasteiger partial charge in [0.05, 0.1) is 11.8 Å². The van der Waals surface area contributed by atoms with Gasteiger partial charge in [0.15, 0.2) is 0 Å². The van der Waals surface area contributed by atoms with E-state index in [0.717, 1.165) is 18.4 Å². The fourth-order valence-electron chi connectivity index (χ4n) is 3.10. The van der Waals surface area contributed by atoms with Crippen molar-refractivity contribution >= 4 is 17.6 Å². The summed E-state index contributed by atoms with van der Waals surface area (Å²) in [5.41, 5.74) is 0.780. The van der Waals surface area contributed by atoms with Gasteiger partial charge in [0.2, 0.25) is 11.7 Å². The molecule has 116 valence electrons. The number of amides is 2.